The molecule has 5 saturated carbocycles. The van der Waals surface area contributed by atoms with E-state index in [0.29, 0.717) is 16.7 Å². The molecule has 0 amide bonds. The quantitative estimate of drug-likeness (QED) is 0.307. The van der Waals surface area contributed by atoms with Crippen molar-refractivity contribution in [2.75, 3.05) is 0 Å². The van der Waals surface area contributed by atoms with Crippen LogP contribution in [0.4, 0.5) is 0 Å². The molecule has 195 valence electrons. The van der Waals surface area contributed by atoms with Gasteiger partial charge < -0.3 is 5.11 Å². The Kier molecular flexibility index (Phi) is 9.28. The summed E-state index contributed by atoms with van der Waals surface area (Å²) in [5.41, 5.74) is 0.406. The number of aliphatic hydroxyl groups excluding tert-OH is 1. The van der Waals surface area contributed by atoms with E-state index in [4.69, 9.17) is 11.6 Å². The first-order valence-corrected chi connectivity index (χ1v) is 16.3. The van der Waals surface area contributed by atoms with Crippen LogP contribution in [-0.4, -0.2) is 16.6 Å². The van der Waals surface area contributed by atoms with Crippen LogP contribution in [0, 0.1) is 40.9 Å². The smallest absolute Gasteiger partial charge is 0.0571 e. The normalized spacial score (nSPS) is 42.7. The molecule has 34 heavy (non-hydrogen) atoms. The van der Waals surface area contributed by atoms with E-state index in [1.165, 1.54) is 141 Å². The fourth-order valence-electron chi connectivity index (χ4n) is 10.3. The highest BCUT2D eigenvalue weighted by atomic mass is 35.5. The lowest BCUT2D eigenvalue weighted by molar-refractivity contribution is -0.0843. The van der Waals surface area contributed by atoms with Gasteiger partial charge in [0.2, 0.25) is 0 Å². The summed E-state index contributed by atoms with van der Waals surface area (Å²) < 4.78 is 0. The minimum atomic E-state index is -0.0351. The number of rotatable bonds is 4. The summed E-state index contributed by atoms with van der Waals surface area (Å²) in [6.07, 6.45) is 31.9. The van der Waals surface area contributed by atoms with Crippen LogP contribution in [0.25, 0.3) is 0 Å². The van der Waals surface area contributed by atoms with Gasteiger partial charge in [-0.25, -0.2) is 0 Å². The predicted molar refractivity (Wildman–Crippen MR) is 145 cm³/mol. The fraction of sp³-hybridized carbons (Fsp3) is 0.969. The first-order valence-electron chi connectivity index (χ1n) is 15.9. The zero-order chi connectivity index (χ0) is 23.4. The number of halogens is 1. The van der Waals surface area contributed by atoms with Crippen molar-refractivity contribution in [2.24, 2.45) is 35.0 Å². The van der Waals surface area contributed by atoms with Crippen molar-refractivity contribution in [3.8, 4) is 0 Å². The fourth-order valence-corrected chi connectivity index (χ4v) is 10.6. The van der Waals surface area contributed by atoms with E-state index in [0.717, 1.165) is 30.1 Å². The Morgan fingerprint density at radius 3 is 1.82 bits per heavy atom. The number of hydrogen-bond donors (Lipinski definition) is 1. The van der Waals surface area contributed by atoms with Crippen molar-refractivity contribution in [1.29, 1.82) is 0 Å². The lowest BCUT2D eigenvalue weighted by Gasteiger charge is -2.62. The Labute approximate surface area is 216 Å². The monoisotopic (exact) mass is 489 g/mol. The van der Waals surface area contributed by atoms with Gasteiger partial charge >= 0.3 is 0 Å². The lowest BCUT2D eigenvalue weighted by atomic mass is 9.43. The first-order chi connectivity index (χ1) is 16.7. The molecule has 1 N–H and O–H groups in total. The van der Waals surface area contributed by atoms with E-state index >= 15 is 0 Å². The molecule has 5 aliphatic carbocycles. The molecule has 0 aliphatic heterocycles. The Hall–Kier alpha value is 0.250. The van der Waals surface area contributed by atoms with Gasteiger partial charge in [0.05, 0.1) is 6.10 Å². The maximum absolute atomic E-state index is 11.4. The standard InChI is InChI=1S/C32H54ClO/c33-27-22-20-26(21-23-27)32(25-14-7-3-8-15-25)29(24-12-5-1-2-6-13-24)17-9-4-10-18-30(32)28-16-11-19-31(28)34/h24-28,30-31,34H,1-23H2. The molecule has 5 fully saturated rings. The van der Waals surface area contributed by atoms with E-state index in [9.17, 15) is 5.11 Å². The van der Waals surface area contributed by atoms with E-state index in [1.807, 2.05) is 0 Å². The number of alkyl halides is 1. The van der Waals surface area contributed by atoms with Crippen molar-refractivity contribution in [2.45, 2.75) is 159 Å². The summed E-state index contributed by atoms with van der Waals surface area (Å²) in [5.74, 6) is 5.98. The molecule has 0 saturated heterocycles. The largest absolute Gasteiger partial charge is 0.393 e. The molecule has 0 bridgehead atoms. The van der Waals surface area contributed by atoms with Gasteiger partial charge in [-0.15, -0.1) is 11.6 Å². The van der Waals surface area contributed by atoms with Gasteiger partial charge in [-0.05, 0) is 118 Å². The molecule has 4 atom stereocenters. The summed E-state index contributed by atoms with van der Waals surface area (Å²) >= 11 is 6.76. The highest BCUT2D eigenvalue weighted by Crippen LogP contribution is 2.66. The summed E-state index contributed by atoms with van der Waals surface area (Å²) in [5, 5.41) is 11.8. The third kappa shape index (κ3) is 5.28. The van der Waals surface area contributed by atoms with Gasteiger partial charge in [0.15, 0.2) is 0 Å². The molecule has 0 spiro atoms. The van der Waals surface area contributed by atoms with Crippen LogP contribution in [0.3, 0.4) is 0 Å². The van der Waals surface area contributed by atoms with Crippen molar-refractivity contribution in [1.82, 2.24) is 0 Å². The second kappa shape index (κ2) is 12.2. The molecule has 5 aliphatic rings. The van der Waals surface area contributed by atoms with Crippen LogP contribution in [0.2, 0.25) is 0 Å². The molecule has 1 nitrogen and oxygen atoms in total. The Bertz CT molecular complexity index is 598. The zero-order valence-electron chi connectivity index (χ0n) is 22.1. The van der Waals surface area contributed by atoms with Gasteiger partial charge in [0.1, 0.15) is 0 Å². The molecule has 0 heterocycles. The molecule has 5 rings (SSSR count). The molecule has 2 heteroatoms. The van der Waals surface area contributed by atoms with Crippen LogP contribution < -0.4 is 0 Å². The van der Waals surface area contributed by atoms with E-state index in [2.05, 4.69) is 5.92 Å². The van der Waals surface area contributed by atoms with Gasteiger partial charge in [-0.2, -0.15) is 0 Å². The van der Waals surface area contributed by atoms with Crippen LogP contribution in [0.5, 0.6) is 0 Å². The van der Waals surface area contributed by atoms with Crippen LogP contribution in [-0.2, 0) is 0 Å². The third-order valence-electron chi connectivity index (χ3n) is 11.6. The molecule has 1 radical (unpaired) electrons. The minimum absolute atomic E-state index is 0.0351. The second-order valence-electron chi connectivity index (χ2n) is 13.3. The first kappa shape index (κ1) is 25.9. The van der Waals surface area contributed by atoms with E-state index < -0.39 is 0 Å². The van der Waals surface area contributed by atoms with Gasteiger partial charge in [-0.1, -0.05) is 70.6 Å². The van der Waals surface area contributed by atoms with Crippen molar-refractivity contribution < 1.29 is 5.11 Å². The van der Waals surface area contributed by atoms with E-state index in [-0.39, 0.29) is 6.10 Å². The highest BCUT2D eigenvalue weighted by Gasteiger charge is 2.59. The van der Waals surface area contributed by atoms with Crippen LogP contribution in [0.15, 0.2) is 0 Å². The molecule has 0 aromatic carbocycles. The van der Waals surface area contributed by atoms with Crippen molar-refractivity contribution in [3.63, 3.8) is 0 Å². The average molecular weight is 490 g/mol. The van der Waals surface area contributed by atoms with Crippen molar-refractivity contribution in [3.05, 3.63) is 5.92 Å². The Balaban J connectivity index is 1.62. The maximum atomic E-state index is 11.4. The van der Waals surface area contributed by atoms with Crippen LogP contribution in [0.1, 0.15) is 148 Å². The molecule has 0 aromatic heterocycles. The predicted octanol–water partition coefficient (Wildman–Crippen LogP) is 9.64. The summed E-state index contributed by atoms with van der Waals surface area (Å²) in [6, 6.07) is 0. The molecule has 4 unspecified atom stereocenters. The minimum Gasteiger partial charge on any atom is -0.393 e. The van der Waals surface area contributed by atoms with Gasteiger partial charge in [0, 0.05) is 5.38 Å². The molecule has 0 aromatic rings. The summed E-state index contributed by atoms with van der Waals surface area (Å²) in [4.78, 5) is 0. The highest BCUT2D eigenvalue weighted by molar-refractivity contribution is 6.20. The van der Waals surface area contributed by atoms with Crippen LogP contribution >= 0.6 is 11.6 Å². The van der Waals surface area contributed by atoms with Gasteiger partial charge in [0.25, 0.3) is 0 Å². The maximum Gasteiger partial charge on any atom is 0.0571 e. The average Bonchev–Trinajstić information content (AvgIpc) is 3.09. The third-order valence-corrected chi connectivity index (χ3v) is 12.1. The molecular weight excluding hydrogens is 436 g/mol. The summed E-state index contributed by atoms with van der Waals surface area (Å²) in [7, 11) is 0. The van der Waals surface area contributed by atoms with E-state index in [1.54, 1.807) is 0 Å². The number of hydrogen-bond acceptors (Lipinski definition) is 1. The SMILES string of the molecule is OC1CCCC1C1CCCCC[C](C2CCCCCC2)C1(C1CCCCC1)C1CCC(Cl)CC1. The number of aliphatic hydroxyl groups is 1. The zero-order valence-corrected chi connectivity index (χ0v) is 22.9. The van der Waals surface area contributed by atoms with Crippen molar-refractivity contribution >= 4 is 11.6 Å². The summed E-state index contributed by atoms with van der Waals surface area (Å²) in [6.45, 7) is 0. The Morgan fingerprint density at radius 2 is 1.15 bits per heavy atom. The van der Waals surface area contributed by atoms with Gasteiger partial charge in [-0.3, -0.25) is 0 Å². The molecular formula is C32H54ClO. The Morgan fingerprint density at radius 1 is 0.559 bits per heavy atom. The lowest BCUT2D eigenvalue weighted by Crippen LogP contribution is -2.55. The topological polar surface area (TPSA) is 20.2 Å². The second-order valence-corrected chi connectivity index (χ2v) is 13.9.